The van der Waals surface area contributed by atoms with Crippen molar-refractivity contribution in [2.45, 2.75) is 11.3 Å². The van der Waals surface area contributed by atoms with Crippen molar-refractivity contribution in [3.05, 3.63) is 83.6 Å². The number of pyridine rings is 1. The quantitative estimate of drug-likeness (QED) is 0.283. The minimum Gasteiger partial charge on any atom is -0.496 e. The van der Waals surface area contributed by atoms with Crippen LogP contribution in [0.1, 0.15) is 26.3 Å². The van der Waals surface area contributed by atoms with Crippen molar-refractivity contribution in [1.29, 1.82) is 0 Å². The van der Waals surface area contributed by atoms with E-state index in [4.69, 9.17) is 14.2 Å². The van der Waals surface area contributed by atoms with E-state index < -0.39 is 22.0 Å². The Morgan fingerprint density at radius 3 is 2.23 bits per heavy atom. The molecule has 3 amide bonds. The van der Waals surface area contributed by atoms with Crippen molar-refractivity contribution in [1.82, 2.24) is 20.3 Å². The van der Waals surface area contributed by atoms with Crippen LogP contribution in [-0.2, 0) is 21.2 Å². The van der Waals surface area contributed by atoms with Gasteiger partial charge in [-0.1, -0.05) is 18.2 Å². The molecule has 0 unspecified atom stereocenters. The Hall–Kier alpha value is -4.49. The summed E-state index contributed by atoms with van der Waals surface area (Å²) in [7, 11) is -1.17. The number of benzene rings is 2. The molecule has 0 saturated carbocycles. The fourth-order valence-electron chi connectivity index (χ4n) is 3.31. The van der Waals surface area contributed by atoms with E-state index in [9.17, 15) is 22.8 Å². The zero-order valence-electron chi connectivity index (χ0n) is 21.3. The fourth-order valence-corrected chi connectivity index (χ4v) is 4.28. The number of hydrogen-bond donors (Lipinski definition) is 3. The summed E-state index contributed by atoms with van der Waals surface area (Å²) in [6.45, 7) is 0.895. The molecular formula is C26H28N4O8S. The third kappa shape index (κ3) is 8.51. The monoisotopic (exact) mass is 556 g/mol. The topological polar surface area (TPSA) is 162 Å². The van der Waals surface area contributed by atoms with Crippen molar-refractivity contribution in [3.63, 3.8) is 0 Å². The second-order valence-corrected chi connectivity index (χ2v) is 9.65. The standard InChI is InChI=1S/C26H28N4O8S/c1-36-16-15-28-26(33)38-23-12-9-20(17-29-23)25(32)30-39(34,35)21-10-7-19(8-11-21)24(31)27-14-13-18-5-3-4-6-22(18)37-2/h3-12,17H,13-16H2,1-2H3,(H,27,31)(H,28,33)(H,30,32). The lowest BCUT2D eigenvalue weighted by Gasteiger charge is -2.10. The van der Waals surface area contributed by atoms with E-state index in [1.807, 2.05) is 29.0 Å². The third-order valence-corrected chi connectivity index (χ3v) is 6.64. The van der Waals surface area contributed by atoms with E-state index in [1.165, 1.54) is 43.5 Å². The van der Waals surface area contributed by atoms with Gasteiger partial charge in [0.25, 0.3) is 21.8 Å². The molecule has 0 atom stereocenters. The Kier molecular flexibility index (Phi) is 10.3. The molecule has 3 rings (SSSR count). The van der Waals surface area contributed by atoms with Crippen LogP contribution in [0.3, 0.4) is 0 Å². The molecule has 39 heavy (non-hydrogen) atoms. The first kappa shape index (κ1) is 29.1. The summed E-state index contributed by atoms with van der Waals surface area (Å²) in [4.78, 5) is 40.2. The number of carbonyl (C=O) groups excluding carboxylic acids is 3. The molecule has 3 N–H and O–H groups in total. The molecule has 0 aliphatic rings. The summed E-state index contributed by atoms with van der Waals surface area (Å²) in [6.07, 6.45) is 0.867. The maximum atomic E-state index is 12.7. The van der Waals surface area contributed by atoms with Crippen molar-refractivity contribution in [2.24, 2.45) is 0 Å². The van der Waals surface area contributed by atoms with Crippen molar-refractivity contribution >= 4 is 27.9 Å². The largest absolute Gasteiger partial charge is 0.496 e. The molecule has 12 nitrogen and oxygen atoms in total. The van der Waals surface area contributed by atoms with Gasteiger partial charge in [-0.25, -0.2) is 22.9 Å². The Balaban J connectivity index is 1.53. The third-order valence-electron chi connectivity index (χ3n) is 5.30. The maximum Gasteiger partial charge on any atom is 0.414 e. The number of aromatic nitrogens is 1. The summed E-state index contributed by atoms with van der Waals surface area (Å²) in [5, 5.41) is 5.21. The number of sulfonamides is 1. The smallest absolute Gasteiger partial charge is 0.414 e. The average molecular weight is 557 g/mol. The first-order valence-electron chi connectivity index (χ1n) is 11.7. The lowest BCUT2D eigenvalue weighted by molar-refractivity contribution is 0.0951. The van der Waals surface area contributed by atoms with Gasteiger partial charge in [0, 0.05) is 38.0 Å². The molecule has 0 saturated heterocycles. The molecule has 2 aromatic carbocycles. The highest BCUT2D eigenvalue weighted by Gasteiger charge is 2.20. The van der Waals surface area contributed by atoms with Crippen LogP contribution in [0.25, 0.3) is 0 Å². The fraction of sp³-hybridized carbons (Fsp3) is 0.231. The summed E-state index contributed by atoms with van der Waals surface area (Å²) in [5.41, 5.74) is 1.13. The van der Waals surface area contributed by atoms with Gasteiger partial charge in [0.15, 0.2) is 0 Å². The zero-order valence-corrected chi connectivity index (χ0v) is 22.1. The van der Waals surface area contributed by atoms with E-state index >= 15 is 0 Å². The number of rotatable bonds is 12. The number of carbonyl (C=O) groups is 3. The van der Waals surface area contributed by atoms with E-state index in [0.717, 1.165) is 17.5 Å². The summed E-state index contributed by atoms with van der Waals surface area (Å²) in [5.74, 6) is -0.666. The molecule has 206 valence electrons. The maximum absolute atomic E-state index is 12.7. The molecule has 0 bridgehead atoms. The normalized spacial score (nSPS) is 10.8. The van der Waals surface area contributed by atoms with Gasteiger partial charge in [-0.05, 0) is 48.4 Å². The summed E-state index contributed by atoms with van der Waals surface area (Å²) in [6, 6.07) is 15.1. The van der Waals surface area contributed by atoms with Crippen molar-refractivity contribution in [3.8, 4) is 11.6 Å². The molecule has 0 spiro atoms. The van der Waals surface area contributed by atoms with E-state index in [1.54, 1.807) is 7.11 Å². The van der Waals surface area contributed by atoms with Crippen LogP contribution in [0, 0.1) is 0 Å². The lowest BCUT2D eigenvalue weighted by atomic mass is 10.1. The van der Waals surface area contributed by atoms with Gasteiger partial charge in [-0.15, -0.1) is 0 Å². The van der Waals surface area contributed by atoms with Crippen LogP contribution in [0.4, 0.5) is 4.79 Å². The minimum absolute atomic E-state index is 0.0724. The van der Waals surface area contributed by atoms with Crippen LogP contribution in [0.5, 0.6) is 11.6 Å². The second-order valence-electron chi connectivity index (χ2n) is 7.97. The summed E-state index contributed by atoms with van der Waals surface area (Å²) >= 11 is 0. The molecule has 13 heteroatoms. The van der Waals surface area contributed by atoms with Crippen LogP contribution < -0.4 is 24.8 Å². The highest BCUT2D eigenvalue weighted by atomic mass is 32.2. The predicted molar refractivity (Wildman–Crippen MR) is 140 cm³/mol. The van der Waals surface area contributed by atoms with Gasteiger partial charge in [-0.3, -0.25) is 9.59 Å². The Bertz CT molecular complexity index is 1390. The van der Waals surface area contributed by atoms with E-state index in [2.05, 4.69) is 15.6 Å². The SMILES string of the molecule is COCCNC(=O)Oc1ccc(C(=O)NS(=O)(=O)c2ccc(C(=O)NCCc3ccccc3OC)cc2)cn1. The zero-order chi connectivity index (χ0) is 28.3. The second kappa shape index (κ2) is 13.9. The van der Waals surface area contributed by atoms with Crippen LogP contribution in [0.2, 0.25) is 0 Å². The number of nitrogens with one attached hydrogen (secondary N) is 3. The molecule has 0 fully saturated rings. The molecule has 0 aliphatic carbocycles. The van der Waals surface area contributed by atoms with Gasteiger partial charge in [0.2, 0.25) is 5.88 Å². The number of methoxy groups -OCH3 is 2. The van der Waals surface area contributed by atoms with Gasteiger partial charge in [-0.2, -0.15) is 0 Å². The molecule has 1 aromatic heterocycles. The van der Waals surface area contributed by atoms with E-state index in [0.29, 0.717) is 19.6 Å². The number of amides is 3. The molecule has 0 aliphatic heterocycles. The Labute approximate surface area is 225 Å². The van der Waals surface area contributed by atoms with E-state index in [-0.39, 0.29) is 34.4 Å². The molecule has 1 heterocycles. The van der Waals surface area contributed by atoms with Gasteiger partial charge < -0.3 is 24.8 Å². The predicted octanol–water partition coefficient (Wildman–Crippen LogP) is 1.92. The van der Waals surface area contributed by atoms with Crippen molar-refractivity contribution < 1.29 is 37.0 Å². The first-order valence-corrected chi connectivity index (χ1v) is 13.2. The number of para-hydroxylation sites is 1. The van der Waals surface area contributed by atoms with Gasteiger partial charge in [0.1, 0.15) is 5.75 Å². The minimum atomic E-state index is -4.23. The van der Waals surface area contributed by atoms with Gasteiger partial charge >= 0.3 is 6.09 Å². The lowest BCUT2D eigenvalue weighted by Crippen LogP contribution is -2.31. The highest BCUT2D eigenvalue weighted by Crippen LogP contribution is 2.17. The number of nitrogens with zero attached hydrogens (tertiary/aromatic N) is 1. The molecule has 0 radical (unpaired) electrons. The van der Waals surface area contributed by atoms with Crippen molar-refractivity contribution in [2.75, 3.05) is 33.9 Å². The number of hydrogen-bond acceptors (Lipinski definition) is 9. The van der Waals surface area contributed by atoms with Crippen LogP contribution >= 0.6 is 0 Å². The van der Waals surface area contributed by atoms with Gasteiger partial charge in [0.05, 0.1) is 24.2 Å². The first-order chi connectivity index (χ1) is 18.7. The molecular weight excluding hydrogens is 528 g/mol. The van der Waals surface area contributed by atoms with Crippen LogP contribution in [0.15, 0.2) is 71.8 Å². The number of ether oxygens (including phenoxy) is 3. The molecule has 3 aromatic rings. The summed E-state index contributed by atoms with van der Waals surface area (Å²) < 4.78 is 42.3. The highest BCUT2D eigenvalue weighted by molar-refractivity contribution is 7.90. The van der Waals surface area contributed by atoms with Crippen LogP contribution in [-0.4, -0.2) is 65.2 Å². The average Bonchev–Trinajstić information content (AvgIpc) is 2.93. The Morgan fingerprint density at radius 1 is 0.846 bits per heavy atom. The Morgan fingerprint density at radius 2 is 1.56 bits per heavy atom.